The zero-order chi connectivity index (χ0) is 15.5. The molecule has 0 aliphatic carbocycles. The molecule has 2 aliphatic rings. The maximum absolute atomic E-state index is 6.18. The molecule has 120 valence electrons. The number of benzene rings is 2. The summed E-state index contributed by atoms with van der Waals surface area (Å²) in [5.74, 6) is 0.968. The van der Waals surface area contributed by atoms with Crippen LogP contribution in [0.25, 0.3) is 0 Å². The van der Waals surface area contributed by atoms with Crippen molar-refractivity contribution >= 4 is 5.69 Å². The molecule has 4 rings (SSSR count). The summed E-state index contributed by atoms with van der Waals surface area (Å²) in [6.45, 7) is 4.54. The number of hydrogen-bond donors (Lipinski definition) is 1. The number of fused-ring (bicyclic) bond motifs is 1. The standard InChI is InChI=1S/C20H24N2O/c1-2-6-17(7-3-1)20-15-21-18-14-16(8-9-19(18)23-20)10-13-22-11-4-5-12-22/h1-3,6-9,14,20-21H,4-5,10-13,15H2. The van der Waals surface area contributed by atoms with Gasteiger partial charge in [-0.1, -0.05) is 36.4 Å². The largest absolute Gasteiger partial charge is 0.482 e. The summed E-state index contributed by atoms with van der Waals surface area (Å²) in [7, 11) is 0. The van der Waals surface area contributed by atoms with Crippen molar-refractivity contribution in [2.24, 2.45) is 0 Å². The Labute approximate surface area is 138 Å². The number of nitrogens with zero attached hydrogens (tertiary/aromatic N) is 1. The predicted molar refractivity (Wildman–Crippen MR) is 94.1 cm³/mol. The van der Waals surface area contributed by atoms with Crippen LogP contribution in [-0.4, -0.2) is 31.1 Å². The Kier molecular flexibility index (Phi) is 4.20. The molecule has 1 saturated heterocycles. The lowest BCUT2D eigenvalue weighted by atomic mass is 10.1. The molecule has 2 aromatic carbocycles. The highest BCUT2D eigenvalue weighted by Gasteiger charge is 2.21. The fourth-order valence-electron chi connectivity index (χ4n) is 3.52. The molecule has 0 bridgehead atoms. The first-order chi connectivity index (χ1) is 11.4. The van der Waals surface area contributed by atoms with Crippen molar-refractivity contribution in [3.8, 4) is 5.75 Å². The molecule has 1 atom stereocenters. The second-order valence-electron chi connectivity index (χ2n) is 6.53. The predicted octanol–water partition coefficient (Wildman–Crippen LogP) is 3.87. The first-order valence-corrected chi connectivity index (χ1v) is 8.69. The van der Waals surface area contributed by atoms with Crippen molar-refractivity contribution in [2.75, 3.05) is 31.5 Å². The first kappa shape index (κ1) is 14.6. The second-order valence-corrected chi connectivity index (χ2v) is 6.53. The Bertz CT molecular complexity index is 650. The van der Waals surface area contributed by atoms with Crippen molar-refractivity contribution in [3.63, 3.8) is 0 Å². The number of likely N-dealkylation sites (tertiary alicyclic amines) is 1. The van der Waals surface area contributed by atoms with Crippen molar-refractivity contribution in [2.45, 2.75) is 25.4 Å². The van der Waals surface area contributed by atoms with E-state index in [9.17, 15) is 0 Å². The van der Waals surface area contributed by atoms with Gasteiger partial charge >= 0.3 is 0 Å². The van der Waals surface area contributed by atoms with E-state index in [1.54, 1.807) is 0 Å². The Morgan fingerprint density at radius 3 is 2.70 bits per heavy atom. The van der Waals surface area contributed by atoms with Gasteiger partial charge < -0.3 is 15.0 Å². The van der Waals surface area contributed by atoms with Gasteiger partial charge in [-0.2, -0.15) is 0 Å². The van der Waals surface area contributed by atoms with Gasteiger partial charge in [0.2, 0.25) is 0 Å². The third-order valence-corrected chi connectivity index (χ3v) is 4.88. The van der Waals surface area contributed by atoms with Crippen LogP contribution >= 0.6 is 0 Å². The highest BCUT2D eigenvalue weighted by atomic mass is 16.5. The highest BCUT2D eigenvalue weighted by Crippen LogP contribution is 2.34. The minimum atomic E-state index is 0.0964. The van der Waals surface area contributed by atoms with Gasteiger partial charge in [-0.25, -0.2) is 0 Å². The zero-order valence-electron chi connectivity index (χ0n) is 13.5. The minimum Gasteiger partial charge on any atom is -0.482 e. The Balaban J connectivity index is 1.42. The van der Waals surface area contributed by atoms with Gasteiger partial charge in [-0.15, -0.1) is 0 Å². The number of ether oxygens (including phenoxy) is 1. The van der Waals surface area contributed by atoms with Crippen molar-refractivity contribution < 1.29 is 4.74 Å². The summed E-state index contributed by atoms with van der Waals surface area (Å²) in [4.78, 5) is 2.56. The van der Waals surface area contributed by atoms with Gasteiger partial charge in [0.25, 0.3) is 0 Å². The molecule has 2 aliphatic heterocycles. The van der Waals surface area contributed by atoms with Crippen molar-refractivity contribution in [3.05, 3.63) is 59.7 Å². The maximum atomic E-state index is 6.18. The fraction of sp³-hybridized carbons (Fsp3) is 0.400. The molecule has 3 heteroatoms. The number of anilines is 1. The molecule has 0 saturated carbocycles. The average molecular weight is 308 g/mol. The first-order valence-electron chi connectivity index (χ1n) is 8.69. The zero-order valence-corrected chi connectivity index (χ0v) is 13.5. The van der Waals surface area contributed by atoms with Gasteiger partial charge in [-0.05, 0) is 55.6 Å². The molecule has 0 spiro atoms. The molecule has 23 heavy (non-hydrogen) atoms. The smallest absolute Gasteiger partial charge is 0.143 e. The maximum Gasteiger partial charge on any atom is 0.143 e. The summed E-state index contributed by atoms with van der Waals surface area (Å²) >= 11 is 0. The van der Waals surface area contributed by atoms with Crippen LogP contribution in [-0.2, 0) is 6.42 Å². The molecule has 2 heterocycles. The van der Waals surface area contributed by atoms with Gasteiger partial charge in [0, 0.05) is 6.54 Å². The molecule has 1 fully saturated rings. The summed E-state index contributed by atoms with van der Waals surface area (Å²) in [5.41, 5.74) is 3.75. The monoisotopic (exact) mass is 308 g/mol. The summed E-state index contributed by atoms with van der Waals surface area (Å²) in [5, 5.41) is 3.54. The van der Waals surface area contributed by atoms with E-state index in [0.29, 0.717) is 0 Å². The van der Waals surface area contributed by atoms with Crippen molar-refractivity contribution in [1.82, 2.24) is 4.90 Å². The fourth-order valence-corrected chi connectivity index (χ4v) is 3.52. The molecule has 1 unspecified atom stereocenters. The van der Waals surface area contributed by atoms with Crippen LogP contribution in [0.1, 0.15) is 30.1 Å². The summed E-state index contributed by atoms with van der Waals surface area (Å²) in [6, 6.07) is 17.0. The number of hydrogen-bond acceptors (Lipinski definition) is 3. The molecule has 3 nitrogen and oxygen atoms in total. The summed E-state index contributed by atoms with van der Waals surface area (Å²) < 4.78 is 6.18. The van der Waals surface area contributed by atoms with Crippen LogP contribution in [0.5, 0.6) is 5.75 Å². The minimum absolute atomic E-state index is 0.0964. The van der Waals surface area contributed by atoms with E-state index in [1.165, 1.54) is 43.6 Å². The Morgan fingerprint density at radius 2 is 1.87 bits per heavy atom. The van der Waals surface area contributed by atoms with Crippen LogP contribution in [0.4, 0.5) is 5.69 Å². The van der Waals surface area contributed by atoms with Crippen LogP contribution in [0, 0.1) is 0 Å². The molecule has 0 amide bonds. The van der Waals surface area contributed by atoms with E-state index in [4.69, 9.17) is 4.74 Å². The van der Waals surface area contributed by atoms with Crippen molar-refractivity contribution in [1.29, 1.82) is 0 Å². The lowest BCUT2D eigenvalue weighted by Gasteiger charge is -2.28. The van der Waals surface area contributed by atoms with Crippen LogP contribution in [0.15, 0.2) is 48.5 Å². The molecule has 0 radical (unpaired) electrons. The van der Waals surface area contributed by atoms with E-state index in [1.807, 2.05) is 6.07 Å². The molecule has 1 N–H and O–H groups in total. The summed E-state index contributed by atoms with van der Waals surface area (Å²) in [6.07, 6.45) is 3.94. The molecular weight excluding hydrogens is 284 g/mol. The quantitative estimate of drug-likeness (QED) is 0.928. The van der Waals surface area contributed by atoms with Gasteiger partial charge in [0.1, 0.15) is 11.9 Å². The molecule has 2 aromatic rings. The number of rotatable bonds is 4. The van der Waals surface area contributed by atoms with Gasteiger partial charge in [0.05, 0.1) is 12.2 Å². The average Bonchev–Trinajstić information content (AvgIpc) is 3.14. The number of nitrogens with one attached hydrogen (secondary N) is 1. The lowest BCUT2D eigenvalue weighted by molar-refractivity contribution is 0.210. The third-order valence-electron chi connectivity index (χ3n) is 4.88. The molecular formula is C20H24N2O. The lowest BCUT2D eigenvalue weighted by Crippen LogP contribution is -2.24. The third kappa shape index (κ3) is 3.35. The van der Waals surface area contributed by atoms with Gasteiger partial charge in [-0.3, -0.25) is 0 Å². The van der Waals surface area contributed by atoms with Gasteiger partial charge in [0.15, 0.2) is 0 Å². The Hall–Kier alpha value is -2.00. The van der Waals surface area contributed by atoms with E-state index in [0.717, 1.165) is 24.4 Å². The van der Waals surface area contributed by atoms with E-state index < -0.39 is 0 Å². The van der Waals surface area contributed by atoms with E-state index >= 15 is 0 Å². The van der Waals surface area contributed by atoms with E-state index in [-0.39, 0.29) is 6.10 Å². The molecule has 0 aromatic heterocycles. The van der Waals surface area contributed by atoms with Crippen LogP contribution in [0.2, 0.25) is 0 Å². The van der Waals surface area contributed by atoms with Crippen LogP contribution < -0.4 is 10.1 Å². The topological polar surface area (TPSA) is 24.5 Å². The normalized spacial score (nSPS) is 20.6. The van der Waals surface area contributed by atoms with Crippen LogP contribution in [0.3, 0.4) is 0 Å². The second kappa shape index (κ2) is 6.63. The highest BCUT2D eigenvalue weighted by molar-refractivity contribution is 5.60. The Morgan fingerprint density at radius 1 is 1.04 bits per heavy atom. The SMILES string of the molecule is c1ccc(C2CNc3cc(CCN4CCCC4)ccc3O2)cc1. The van der Waals surface area contributed by atoms with E-state index in [2.05, 4.69) is 52.7 Å².